The molecule has 7 heteroatoms. The van der Waals surface area contributed by atoms with Crippen molar-refractivity contribution in [2.24, 2.45) is 11.7 Å². The highest BCUT2D eigenvalue weighted by Crippen LogP contribution is 2.49. The zero-order valence-electron chi connectivity index (χ0n) is 13.4. The van der Waals surface area contributed by atoms with Gasteiger partial charge in [-0.3, -0.25) is 14.5 Å². The number of nitrogens with two attached hydrogens (primary N) is 1. The smallest absolute Gasteiger partial charge is 0.231 e. The molecule has 0 bridgehead atoms. The summed E-state index contributed by atoms with van der Waals surface area (Å²) in [6.45, 7) is 2.71. The highest BCUT2D eigenvalue weighted by molar-refractivity contribution is 5.83. The quantitative estimate of drug-likeness (QED) is 0.894. The van der Waals surface area contributed by atoms with Crippen molar-refractivity contribution in [2.45, 2.75) is 18.8 Å². The van der Waals surface area contributed by atoms with Crippen LogP contribution in [0.4, 0.5) is 8.78 Å². The Bertz CT molecular complexity index is 653. The van der Waals surface area contributed by atoms with Crippen LogP contribution in [0.3, 0.4) is 0 Å². The summed E-state index contributed by atoms with van der Waals surface area (Å²) < 4.78 is 26.8. The lowest BCUT2D eigenvalue weighted by atomic mass is 10.1. The second kappa shape index (κ2) is 6.84. The summed E-state index contributed by atoms with van der Waals surface area (Å²) in [5.74, 6) is -1.94. The van der Waals surface area contributed by atoms with Crippen molar-refractivity contribution in [2.75, 3.05) is 32.7 Å². The first-order valence-corrected chi connectivity index (χ1v) is 8.20. The van der Waals surface area contributed by atoms with E-state index in [1.54, 1.807) is 4.90 Å². The van der Waals surface area contributed by atoms with E-state index in [0.29, 0.717) is 31.6 Å². The first-order valence-electron chi connectivity index (χ1n) is 8.20. The number of primary amides is 1. The van der Waals surface area contributed by atoms with E-state index in [1.807, 2.05) is 4.90 Å². The van der Waals surface area contributed by atoms with Crippen LogP contribution in [0.25, 0.3) is 0 Å². The van der Waals surface area contributed by atoms with Crippen molar-refractivity contribution in [3.05, 3.63) is 35.4 Å². The van der Waals surface area contributed by atoms with Crippen molar-refractivity contribution in [3.63, 3.8) is 0 Å². The van der Waals surface area contributed by atoms with Crippen LogP contribution in [0, 0.1) is 17.6 Å². The fraction of sp³-hybridized carbons (Fsp3) is 0.529. The third-order valence-corrected chi connectivity index (χ3v) is 4.75. The van der Waals surface area contributed by atoms with Gasteiger partial charge in [0.25, 0.3) is 0 Å². The van der Waals surface area contributed by atoms with Crippen LogP contribution in [0.2, 0.25) is 0 Å². The molecule has 1 saturated heterocycles. The molecule has 2 fully saturated rings. The minimum Gasteiger partial charge on any atom is -0.369 e. The molecule has 0 aromatic heterocycles. The molecular weight excluding hydrogens is 316 g/mol. The van der Waals surface area contributed by atoms with Crippen molar-refractivity contribution in [1.29, 1.82) is 0 Å². The van der Waals surface area contributed by atoms with Crippen LogP contribution in [-0.2, 0) is 9.59 Å². The first-order chi connectivity index (χ1) is 11.5. The SMILES string of the molecule is NC(=O)CN1CCCN(C(=O)[C@@H]2C[C@H]2c2ccc(F)cc2F)CC1. The Morgan fingerprint density at radius 3 is 2.67 bits per heavy atom. The molecule has 130 valence electrons. The Balaban J connectivity index is 1.59. The molecule has 1 aliphatic heterocycles. The van der Waals surface area contributed by atoms with Gasteiger partial charge < -0.3 is 10.6 Å². The summed E-state index contributed by atoms with van der Waals surface area (Å²) >= 11 is 0. The number of rotatable bonds is 4. The van der Waals surface area contributed by atoms with Gasteiger partial charge in [-0.05, 0) is 30.4 Å². The number of halogens is 2. The molecule has 2 N–H and O–H groups in total. The van der Waals surface area contributed by atoms with E-state index in [9.17, 15) is 18.4 Å². The fourth-order valence-corrected chi connectivity index (χ4v) is 3.42. The molecule has 2 amide bonds. The highest BCUT2D eigenvalue weighted by atomic mass is 19.1. The summed E-state index contributed by atoms with van der Waals surface area (Å²) in [5.41, 5.74) is 5.63. The van der Waals surface area contributed by atoms with E-state index < -0.39 is 11.6 Å². The summed E-state index contributed by atoms with van der Waals surface area (Å²) in [7, 11) is 0. The molecule has 3 rings (SSSR count). The van der Waals surface area contributed by atoms with Crippen molar-refractivity contribution in [1.82, 2.24) is 9.80 Å². The molecule has 2 aliphatic rings. The Hall–Kier alpha value is -2.02. The molecule has 0 radical (unpaired) electrons. The molecule has 0 unspecified atom stereocenters. The van der Waals surface area contributed by atoms with Crippen LogP contribution >= 0.6 is 0 Å². The maximum absolute atomic E-state index is 13.8. The minimum atomic E-state index is -0.609. The normalized spacial score (nSPS) is 24.5. The Labute approximate surface area is 139 Å². The van der Waals surface area contributed by atoms with Gasteiger partial charge in [-0.15, -0.1) is 0 Å². The molecule has 24 heavy (non-hydrogen) atoms. The number of hydrogen-bond acceptors (Lipinski definition) is 3. The summed E-state index contributed by atoms with van der Waals surface area (Å²) in [6.07, 6.45) is 1.38. The maximum atomic E-state index is 13.8. The highest BCUT2D eigenvalue weighted by Gasteiger charge is 2.47. The summed E-state index contributed by atoms with van der Waals surface area (Å²) in [5, 5.41) is 0. The molecule has 1 heterocycles. The number of carbonyl (C=O) groups excluding carboxylic acids is 2. The van der Waals surface area contributed by atoms with E-state index >= 15 is 0 Å². The van der Waals surface area contributed by atoms with Crippen molar-refractivity contribution < 1.29 is 18.4 Å². The first kappa shape index (κ1) is 16.8. The molecule has 1 aliphatic carbocycles. The number of benzene rings is 1. The minimum absolute atomic E-state index is 0.0182. The molecule has 0 spiro atoms. The van der Waals surface area contributed by atoms with E-state index in [1.165, 1.54) is 12.1 Å². The van der Waals surface area contributed by atoms with Gasteiger partial charge in [0.15, 0.2) is 0 Å². The number of nitrogens with zero attached hydrogens (tertiary/aromatic N) is 2. The van der Waals surface area contributed by atoms with Gasteiger partial charge in [-0.2, -0.15) is 0 Å². The van der Waals surface area contributed by atoms with Gasteiger partial charge in [0.05, 0.1) is 6.54 Å². The topological polar surface area (TPSA) is 66.6 Å². The number of amides is 2. The molecule has 2 atom stereocenters. The second-order valence-electron chi connectivity index (χ2n) is 6.54. The number of carbonyl (C=O) groups is 2. The molecular formula is C17H21F2N3O2. The fourth-order valence-electron chi connectivity index (χ4n) is 3.42. The Morgan fingerprint density at radius 1 is 1.17 bits per heavy atom. The van der Waals surface area contributed by atoms with Gasteiger partial charge in [0.2, 0.25) is 11.8 Å². The largest absolute Gasteiger partial charge is 0.369 e. The Kier molecular flexibility index (Phi) is 4.80. The number of hydrogen-bond donors (Lipinski definition) is 1. The Morgan fingerprint density at radius 2 is 1.96 bits per heavy atom. The van der Waals surface area contributed by atoms with Crippen molar-refractivity contribution in [3.8, 4) is 0 Å². The molecule has 1 aromatic carbocycles. The lowest BCUT2D eigenvalue weighted by Crippen LogP contribution is -2.38. The van der Waals surface area contributed by atoms with E-state index in [0.717, 1.165) is 19.0 Å². The second-order valence-corrected chi connectivity index (χ2v) is 6.54. The average Bonchev–Trinajstić information content (AvgIpc) is 3.30. The van der Waals surface area contributed by atoms with E-state index in [-0.39, 0.29) is 30.2 Å². The zero-order valence-corrected chi connectivity index (χ0v) is 13.4. The van der Waals surface area contributed by atoms with Crippen LogP contribution in [0.15, 0.2) is 18.2 Å². The monoisotopic (exact) mass is 337 g/mol. The molecule has 1 aromatic rings. The molecule has 5 nitrogen and oxygen atoms in total. The zero-order chi connectivity index (χ0) is 17.3. The maximum Gasteiger partial charge on any atom is 0.231 e. The lowest BCUT2D eigenvalue weighted by Gasteiger charge is -2.21. The molecule has 1 saturated carbocycles. The van der Waals surface area contributed by atoms with Gasteiger partial charge in [-0.1, -0.05) is 6.07 Å². The standard InChI is InChI=1S/C17H21F2N3O2/c18-11-2-3-12(15(19)8-11)13-9-14(13)17(24)22-5-1-4-21(6-7-22)10-16(20)23/h2-3,8,13-14H,1,4-7,9-10H2,(H2,20,23)/t13-,14+/m0/s1. The predicted octanol–water partition coefficient (Wildman–Crippen LogP) is 1.09. The van der Waals surface area contributed by atoms with Gasteiger partial charge >= 0.3 is 0 Å². The summed E-state index contributed by atoms with van der Waals surface area (Å²) in [6, 6.07) is 3.52. The van der Waals surface area contributed by atoms with Crippen LogP contribution in [-0.4, -0.2) is 54.3 Å². The van der Waals surface area contributed by atoms with Gasteiger partial charge in [0.1, 0.15) is 11.6 Å². The average molecular weight is 337 g/mol. The van der Waals surface area contributed by atoms with Crippen LogP contribution in [0.1, 0.15) is 24.3 Å². The van der Waals surface area contributed by atoms with Crippen LogP contribution in [0.5, 0.6) is 0 Å². The summed E-state index contributed by atoms with van der Waals surface area (Å²) in [4.78, 5) is 27.4. The lowest BCUT2D eigenvalue weighted by molar-refractivity contribution is -0.132. The van der Waals surface area contributed by atoms with Crippen LogP contribution < -0.4 is 5.73 Å². The third kappa shape index (κ3) is 3.72. The van der Waals surface area contributed by atoms with Crippen molar-refractivity contribution >= 4 is 11.8 Å². The predicted molar refractivity (Wildman–Crippen MR) is 84.0 cm³/mol. The van der Waals surface area contributed by atoms with E-state index in [2.05, 4.69) is 0 Å². The van der Waals surface area contributed by atoms with E-state index in [4.69, 9.17) is 5.73 Å². The third-order valence-electron chi connectivity index (χ3n) is 4.75. The van der Waals surface area contributed by atoms with Gasteiger partial charge in [0, 0.05) is 38.2 Å². The van der Waals surface area contributed by atoms with Gasteiger partial charge in [-0.25, -0.2) is 8.78 Å².